The average molecular weight is 390 g/mol. The first kappa shape index (κ1) is 21.7. The van der Waals surface area contributed by atoms with Crippen LogP contribution in [0.3, 0.4) is 0 Å². The predicted octanol–water partition coefficient (Wildman–Crippen LogP) is 2.82. The summed E-state index contributed by atoms with van der Waals surface area (Å²) in [6.45, 7) is 11.6. The zero-order valence-corrected chi connectivity index (χ0v) is 17.3. The lowest BCUT2D eigenvalue weighted by molar-refractivity contribution is -0.384. The lowest BCUT2D eigenvalue weighted by Crippen LogP contribution is -2.41. The standard InChI is InChI=1S/C20H30N4O4/c1-14(2)21-18(25)15-7-8-16(17(13-15)24(27)28)22-9-6-10-23(12-11-22)19(26)20(3,4)5/h7-8,13-14H,6,9-12H2,1-5H3,(H,21,25). The monoisotopic (exact) mass is 390 g/mol. The van der Waals surface area contributed by atoms with Gasteiger partial charge in [-0.2, -0.15) is 0 Å². The van der Waals surface area contributed by atoms with Crippen molar-refractivity contribution in [1.29, 1.82) is 0 Å². The van der Waals surface area contributed by atoms with Crippen molar-refractivity contribution in [3.63, 3.8) is 0 Å². The van der Waals surface area contributed by atoms with Crippen LogP contribution >= 0.6 is 0 Å². The van der Waals surface area contributed by atoms with Crippen LogP contribution in [0.4, 0.5) is 11.4 Å². The van der Waals surface area contributed by atoms with Crippen molar-refractivity contribution in [2.45, 2.75) is 47.1 Å². The predicted molar refractivity (Wildman–Crippen MR) is 109 cm³/mol. The van der Waals surface area contributed by atoms with E-state index in [9.17, 15) is 19.7 Å². The number of nitrogens with one attached hydrogen (secondary N) is 1. The van der Waals surface area contributed by atoms with E-state index in [4.69, 9.17) is 0 Å². The Balaban J connectivity index is 2.23. The molecule has 1 heterocycles. The van der Waals surface area contributed by atoms with Crippen molar-refractivity contribution in [2.75, 3.05) is 31.1 Å². The van der Waals surface area contributed by atoms with Crippen LogP contribution in [-0.4, -0.2) is 53.9 Å². The van der Waals surface area contributed by atoms with Gasteiger partial charge in [-0.1, -0.05) is 20.8 Å². The molecule has 1 saturated heterocycles. The fraction of sp³-hybridized carbons (Fsp3) is 0.600. The zero-order valence-electron chi connectivity index (χ0n) is 17.3. The molecule has 8 nitrogen and oxygen atoms in total. The topological polar surface area (TPSA) is 95.8 Å². The molecule has 0 aromatic heterocycles. The molecule has 2 rings (SSSR count). The number of amides is 2. The van der Waals surface area contributed by atoms with Gasteiger partial charge in [0.15, 0.2) is 0 Å². The van der Waals surface area contributed by atoms with E-state index in [1.165, 1.54) is 6.07 Å². The molecule has 1 aromatic carbocycles. The minimum Gasteiger partial charge on any atom is -0.364 e. The number of hydrogen-bond acceptors (Lipinski definition) is 5. The maximum Gasteiger partial charge on any atom is 0.293 e. The van der Waals surface area contributed by atoms with E-state index < -0.39 is 10.3 Å². The third kappa shape index (κ3) is 5.21. The Kier molecular flexibility index (Phi) is 6.64. The van der Waals surface area contributed by atoms with Crippen molar-refractivity contribution in [1.82, 2.24) is 10.2 Å². The molecule has 0 saturated carbocycles. The second-order valence-corrected chi connectivity index (χ2v) is 8.47. The van der Waals surface area contributed by atoms with Crippen LogP contribution in [0, 0.1) is 15.5 Å². The summed E-state index contributed by atoms with van der Waals surface area (Å²) in [7, 11) is 0. The number of anilines is 1. The minimum atomic E-state index is -0.454. The third-order valence-corrected chi connectivity index (χ3v) is 4.62. The van der Waals surface area contributed by atoms with Gasteiger partial charge in [0.2, 0.25) is 5.91 Å². The number of nitro benzene ring substituents is 1. The summed E-state index contributed by atoms with van der Waals surface area (Å²) in [4.78, 5) is 39.7. The highest BCUT2D eigenvalue weighted by Crippen LogP contribution is 2.30. The molecule has 0 unspecified atom stereocenters. The highest BCUT2D eigenvalue weighted by Gasteiger charge is 2.30. The molecular formula is C20H30N4O4. The second-order valence-electron chi connectivity index (χ2n) is 8.47. The molecule has 0 aliphatic carbocycles. The normalized spacial score (nSPS) is 15.4. The number of hydrogen-bond donors (Lipinski definition) is 1. The van der Waals surface area contributed by atoms with E-state index in [1.807, 2.05) is 44.4 Å². The molecule has 8 heteroatoms. The van der Waals surface area contributed by atoms with E-state index in [-0.39, 0.29) is 29.1 Å². The van der Waals surface area contributed by atoms with Gasteiger partial charge in [-0.15, -0.1) is 0 Å². The fourth-order valence-electron chi connectivity index (χ4n) is 3.26. The molecule has 1 fully saturated rings. The third-order valence-electron chi connectivity index (χ3n) is 4.62. The molecule has 1 aliphatic heterocycles. The van der Waals surface area contributed by atoms with Crippen LogP contribution in [0.1, 0.15) is 51.4 Å². The summed E-state index contributed by atoms with van der Waals surface area (Å²) in [5, 5.41) is 14.4. The van der Waals surface area contributed by atoms with Gasteiger partial charge in [0, 0.05) is 49.3 Å². The number of nitro groups is 1. The lowest BCUT2D eigenvalue weighted by Gasteiger charge is -2.28. The Morgan fingerprint density at radius 3 is 2.39 bits per heavy atom. The SMILES string of the molecule is CC(C)NC(=O)c1ccc(N2CCCN(C(=O)C(C)(C)C)CC2)c([N+](=O)[O-])c1. The molecule has 0 atom stereocenters. The zero-order chi connectivity index (χ0) is 21.1. The van der Waals surface area contributed by atoms with Gasteiger partial charge in [-0.3, -0.25) is 19.7 Å². The van der Waals surface area contributed by atoms with Crippen molar-refractivity contribution < 1.29 is 14.5 Å². The molecular weight excluding hydrogens is 360 g/mol. The van der Waals surface area contributed by atoms with Crippen molar-refractivity contribution in [2.24, 2.45) is 5.41 Å². The summed E-state index contributed by atoms with van der Waals surface area (Å²) in [5.74, 6) is -0.244. The van der Waals surface area contributed by atoms with Crippen LogP contribution in [0.25, 0.3) is 0 Å². The molecule has 0 radical (unpaired) electrons. The molecule has 1 aliphatic rings. The molecule has 28 heavy (non-hydrogen) atoms. The lowest BCUT2D eigenvalue weighted by atomic mass is 9.94. The smallest absolute Gasteiger partial charge is 0.293 e. The average Bonchev–Trinajstić information content (AvgIpc) is 2.85. The van der Waals surface area contributed by atoms with E-state index >= 15 is 0 Å². The number of carbonyl (C=O) groups excluding carboxylic acids is 2. The van der Waals surface area contributed by atoms with Gasteiger partial charge in [-0.25, -0.2) is 0 Å². The Bertz CT molecular complexity index is 755. The molecule has 154 valence electrons. The van der Waals surface area contributed by atoms with E-state index in [2.05, 4.69) is 5.32 Å². The summed E-state index contributed by atoms with van der Waals surface area (Å²) in [6, 6.07) is 4.52. The van der Waals surface area contributed by atoms with Crippen LogP contribution in [-0.2, 0) is 4.79 Å². The van der Waals surface area contributed by atoms with Crippen molar-refractivity contribution in [3.8, 4) is 0 Å². The van der Waals surface area contributed by atoms with Gasteiger partial charge in [-0.05, 0) is 32.4 Å². The molecule has 1 N–H and O–H groups in total. The van der Waals surface area contributed by atoms with Gasteiger partial charge >= 0.3 is 0 Å². The second kappa shape index (κ2) is 8.58. The molecule has 0 bridgehead atoms. The fourth-order valence-corrected chi connectivity index (χ4v) is 3.26. The Labute approximate surface area is 166 Å². The Morgan fingerprint density at radius 2 is 1.82 bits per heavy atom. The summed E-state index contributed by atoms with van der Waals surface area (Å²) in [5.41, 5.74) is 0.207. The summed E-state index contributed by atoms with van der Waals surface area (Å²) < 4.78 is 0. The van der Waals surface area contributed by atoms with Gasteiger partial charge in [0.1, 0.15) is 5.69 Å². The Morgan fingerprint density at radius 1 is 1.14 bits per heavy atom. The highest BCUT2D eigenvalue weighted by molar-refractivity contribution is 5.96. The first-order valence-electron chi connectivity index (χ1n) is 9.64. The molecule has 1 aromatic rings. The van der Waals surface area contributed by atoms with Gasteiger partial charge in [0.05, 0.1) is 4.92 Å². The first-order chi connectivity index (χ1) is 13.0. The molecule has 0 spiro atoms. The van der Waals surface area contributed by atoms with E-state index in [0.29, 0.717) is 31.9 Å². The largest absolute Gasteiger partial charge is 0.364 e. The minimum absolute atomic E-state index is 0.0526. The Hall–Kier alpha value is -2.64. The number of rotatable bonds is 4. The van der Waals surface area contributed by atoms with Crippen LogP contribution in [0.2, 0.25) is 0 Å². The maximum absolute atomic E-state index is 12.6. The first-order valence-corrected chi connectivity index (χ1v) is 9.64. The van der Waals surface area contributed by atoms with Crippen LogP contribution in [0.5, 0.6) is 0 Å². The van der Waals surface area contributed by atoms with Crippen LogP contribution in [0.15, 0.2) is 18.2 Å². The van der Waals surface area contributed by atoms with Crippen LogP contribution < -0.4 is 10.2 Å². The summed E-state index contributed by atoms with van der Waals surface area (Å²) in [6.07, 6.45) is 0.731. The molecule has 2 amide bonds. The van der Waals surface area contributed by atoms with E-state index in [1.54, 1.807) is 12.1 Å². The maximum atomic E-state index is 12.6. The van der Waals surface area contributed by atoms with Gasteiger partial charge in [0.25, 0.3) is 11.6 Å². The highest BCUT2D eigenvalue weighted by atomic mass is 16.6. The van der Waals surface area contributed by atoms with E-state index in [0.717, 1.165) is 6.42 Å². The number of nitrogens with zero attached hydrogens (tertiary/aromatic N) is 3. The summed E-state index contributed by atoms with van der Waals surface area (Å²) >= 11 is 0. The quantitative estimate of drug-likeness (QED) is 0.630. The number of benzene rings is 1. The van der Waals surface area contributed by atoms with Crippen molar-refractivity contribution in [3.05, 3.63) is 33.9 Å². The number of carbonyl (C=O) groups is 2. The van der Waals surface area contributed by atoms with Crippen molar-refractivity contribution >= 4 is 23.2 Å². The van der Waals surface area contributed by atoms with Gasteiger partial charge < -0.3 is 15.1 Å².